The maximum atomic E-state index is 6.34. The fourth-order valence-corrected chi connectivity index (χ4v) is 2.40. The van der Waals surface area contributed by atoms with Gasteiger partial charge >= 0.3 is 0 Å². The molecule has 3 heteroatoms. The van der Waals surface area contributed by atoms with Crippen LogP contribution in [0.1, 0.15) is 58.6 Å². The van der Waals surface area contributed by atoms with Gasteiger partial charge in [-0.2, -0.15) is 0 Å². The molecule has 0 aliphatic carbocycles. The van der Waals surface area contributed by atoms with Gasteiger partial charge in [0.1, 0.15) is 11.5 Å². The van der Waals surface area contributed by atoms with E-state index < -0.39 is 0 Å². The molecule has 1 heterocycles. The number of hydrogen-bond donors (Lipinski definition) is 1. The summed E-state index contributed by atoms with van der Waals surface area (Å²) in [6, 6.07) is 4.70. The van der Waals surface area contributed by atoms with E-state index in [4.69, 9.17) is 10.2 Å². The molecule has 0 fully saturated rings. The summed E-state index contributed by atoms with van der Waals surface area (Å²) in [5.41, 5.74) is 6.55. The summed E-state index contributed by atoms with van der Waals surface area (Å²) in [5, 5.41) is 0. The van der Waals surface area contributed by atoms with Crippen LogP contribution in [-0.4, -0.2) is 24.0 Å². The summed E-state index contributed by atoms with van der Waals surface area (Å²) in [7, 11) is 2.15. The van der Waals surface area contributed by atoms with Gasteiger partial charge in [-0.1, -0.05) is 27.7 Å². The van der Waals surface area contributed by atoms with Crippen LogP contribution in [0.25, 0.3) is 0 Å². The minimum absolute atomic E-state index is 0.0837. The lowest BCUT2D eigenvalue weighted by Crippen LogP contribution is -2.47. The van der Waals surface area contributed by atoms with Crippen molar-refractivity contribution in [3.63, 3.8) is 0 Å². The molecule has 2 N–H and O–H groups in total. The molecule has 3 atom stereocenters. The van der Waals surface area contributed by atoms with Crippen LogP contribution < -0.4 is 5.73 Å². The highest BCUT2D eigenvalue weighted by atomic mass is 16.3. The van der Waals surface area contributed by atoms with Gasteiger partial charge in [-0.15, -0.1) is 0 Å². The third-order valence-corrected chi connectivity index (χ3v) is 4.23. The SMILES string of the molecule is CCC(N)C(c1ccc(C)o1)N(C)C(C)C(C)(C)C. The molecule has 0 amide bonds. The standard InChI is InChI=1S/C16H30N2O/c1-8-13(17)15(14-10-9-11(2)19-14)18(7)12(3)16(4,5)6/h9-10,12-13,15H,8,17H2,1-7H3. The maximum Gasteiger partial charge on any atom is 0.122 e. The molecule has 3 nitrogen and oxygen atoms in total. The van der Waals surface area contributed by atoms with Gasteiger partial charge in [-0.25, -0.2) is 0 Å². The topological polar surface area (TPSA) is 42.4 Å². The summed E-state index contributed by atoms with van der Waals surface area (Å²) in [5.74, 6) is 1.92. The van der Waals surface area contributed by atoms with Crippen molar-refractivity contribution < 1.29 is 4.42 Å². The van der Waals surface area contributed by atoms with E-state index in [1.54, 1.807) is 0 Å². The van der Waals surface area contributed by atoms with Crippen LogP contribution in [0.3, 0.4) is 0 Å². The van der Waals surface area contributed by atoms with Crippen molar-refractivity contribution in [3.05, 3.63) is 23.7 Å². The Balaban J connectivity index is 3.04. The Morgan fingerprint density at radius 3 is 2.26 bits per heavy atom. The van der Waals surface area contributed by atoms with Crippen molar-refractivity contribution >= 4 is 0 Å². The zero-order valence-corrected chi connectivity index (χ0v) is 13.5. The minimum Gasteiger partial charge on any atom is -0.465 e. The number of furan rings is 1. The third kappa shape index (κ3) is 3.83. The molecule has 1 aromatic heterocycles. The van der Waals surface area contributed by atoms with Gasteiger partial charge in [-0.05, 0) is 44.9 Å². The van der Waals surface area contributed by atoms with Gasteiger partial charge in [0.15, 0.2) is 0 Å². The van der Waals surface area contributed by atoms with Crippen LogP contribution in [0.4, 0.5) is 0 Å². The Kier molecular flexibility index (Phi) is 5.22. The molecule has 19 heavy (non-hydrogen) atoms. The van der Waals surface area contributed by atoms with E-state index in [-0.39, 0.29) is 17.5 Å². The molecule has 0 aromatic carbocycles. The van der Waals surface area contributed by atoms with E-state index in [0.29, 0.717) is 6.04 Å². The van der Waals surface area contributed by atoms with E-state index in [9.17, 15) is 0 Å². The van der Waals surface area contributed by atoms with Crippen LogP contribution in [0.5, 0.6) is 0 Å². The second kappa shape index (κ2) is 6.10. The highest BCUT2D eigenvalue weighted by Crippen LogP contribution is 2.32. The smallest absolute Gasteiger partial charge is 0.122 e. The summed E-state index contributed by atoms with van der Waals surface area (Å²) >= 11 is 0. The van der Waals surface area contributed by atoms with Gasteiger partial charge in [0.2, 0.25) is 0 Å². The van der Waals surface area contributed by atoms with Crippen molar-refractivity contribution in [2.24, 2.45) is 11.1 Å². The molecule has 0 saturated heterocycles. The van der Waals surface area contributed by atoms with Gasteiger partial charge in [-0.3, -0.25) is 4.90 Å². The number of nitrogens with zero attached hydrogens (tertiary/aromatic N) is 1. The van der Waals surface area contributed by atoms with Crippen molar-refractivity contribution in [2.45, 2.75) is 66.1 Å². The second-order valence-electron chi connectivity index (χ2n) is 6.67. The molecule has 0 bridgehead atoms. The molecule has 0 aliphatic heterocycles. The Labute approximate surface area is 118 Å². The third-order valence-electron chi connectivity index (χ3n) is 4.23. The number of aryl methyl sites for hydroxylation is 1. The van der Waals surface area contributed by atoms with Crippen LogP contribution in [0.2, 0.25) is 0 Å². The Bertz CT molecular complexity index is 392. The zero-order chi connectivity index (χ0) is 14.8. The van der Waals surface area contributed by atoms with Gasteiger partial charge in [0.05, 0.1) is 6.04 Å². The van der Waals surface area contributed by atoms with E-state index in [1.807, 2.05) is 13.0 Å². The predicted molar refractivity (Wildman–Crippen MR) is 81.1 cm³/mol. The lowest BCUT2D eigenvalue weighted by molar-refractivity contribution is 0.0717. The lowest BCUT2D eigenvalue weighted by Gasteiger charge is -2.41. The highest BCUT2D eigenvalue weighted by Gasteiger charge is 2.33. The van der Waals surface area contributed by atoms with E-state index in [0.717, 1.165) is 17.9 Å². The average Bonchev–Trinajstić information content (AvgIpc) is 2.73. The Hall–Kier alpha value is -0.800. The summed E-state index contributed by atoms with van der Waals surface area (Å²) in [6.45, 7) is 13.1. The molecule has 1 aromatic rings. The second-order valence-corrected chi connectivity index (χ2v) is 6.67. The van der Waals surface area contributed by atoms with E-state index in [1.165, 1.54) is 0 Å². The predicted octanol–water partition coefficient (Wildman–Crippen LogP) is 3.73. The van der Waals surface area contributed by atoms with Crippen LogP contribution in [0, 0.1) is 12.3 Å². The maximum absolute atomic E-state index is 6.34. The van der Waals surface area contributed by atoms with Crippen molar-refractivity contribution in [2.75, 3.05) is 7.05 Å². The molecule has 1 rings (SSSR count). The van der Waals surface area contributed by atoms with Gasteiger partial charge in [0, 0.05) is 12.1 Å². The monoisotopic (exact) mass is 266 g/mol. The quantitative estimate of drug-likeness (QED) is 0.883. The first kappa shape index (κ1) is 16.3. The first-order valence-corrected chi connectivity index (χ1v) is 7.22. The number of nitrogens with two attached hydrogens (primary N) is 1. The van der Waals surface area contributed by atoms with Crippen molar-refractivity contribution in [3.8, 4) is 0 Å². The number of hydrogen-bond acceptors (Lipinski definition) is 3. The lowest BCUT2D eigenvalue weighted by atomic mass is 9.85. The number of rotatable bonds is 5. The molecule has 3 unspecified atom stereocenters. The summed E-state index contributed by atoms with van der Waals surface area (Å²) < 4.78 is 5.83. The van der Waals surface area contributed by atoms with E-state index >= 15 is 0 Å². The summed E-state index contributed by atoms with van der Waals surface area (Å²) in [6.07, 6.45) is 0.936. The fraction of sp³-hybridized carbons (Fsp3) is 0.750. The van der Waals surface area contributed by atoms with Crippen LogP contribution >= 0.6 is 0 Å². The average molecular weight is 266 g/mol. The number of likely N-dealkylation sites (N-methyl/N-ethyl adjacent to an activating group) is 1. The minimum atomic E-state index is 0.0837. The van der Waals surface area contributed by atoms with E-state index in [2.05, 4.69) is 52.6 Å². The Morgan fingerprint density at radius 1 is 1.32 bits per heavy atom. The molecular weight excluding hydrogens is 236 g/mol. The Morgan fingerprint density at radius 2 is 1.89 bits per heavy atom. The molecule has 0 radical (unpaired) electrons. The molecule has 0 saturated carbocycles. The highest BCUT2D eigenvalue weighted by molar-refractivity contribution is 5.12. The first-order chi connectivity index (χ1) is 8.68. The van der Waals surface area contributed by atoms with Crippen molar-refractivity contribution in [1.29, 1.82) is 0 Å². The molecule has 0 aliphatic rings. The molecule has 0 spiro atoms. The van der Waals surface area contributed by atoms with Gasteiger partial charge in [0.25, 0.3) is 0 Å². The van der Waals surface area contributed by atoms with Crippen molar-refractivity contribution in [1.82, 2.24) is 4.90 Å². The van der Waals surface area contributed by atoms with Gasteiger partial charge < -0.3 is 10.2 Å². The zero-order valence-electron chi connectivity index (χ0n) is 13.5. The normalized spacial score (nSPS) is 17.5. The largest absolute Gasteiger partial charge is 0.465 e. The first-order valence-electron chi connectivity index (χ1n) is 7.22. The molecule has 110 valence electrons. The fourth-order valence-electron chi connectivity index (χ4n) is 2.40. The molecular formula is C16H30N2O. The summed E-state index contributed by atoms with van der Waals surface area (Å²) in [4.78, 5) is 2.35. The van der Waals surface area contributed by atoms with Crippen LogP contribution in [0.15, 0.2) is 16.5 Å². The van der Waals surface area contributed by atoms with Crippen LogP contribution in [-0.2, 0) is 0 Å².